The highest BCUT2D eigenvalue weighted by atomic mass is 32.2. The van der Waals surface area contributed by atoms with Crippen molar-refractivity contribution in [3.05, 3.63) is 23.8 Å². The van der Waals surface area contributed by atoms with Crippen LogP contribution in [0, 0.1) is 0 Å². The van der Waals surface area contributed by atoms with Gasteiger partial charge in [-0.05, 0) is 32.0 Å². The average Bonchev–Trinajstić information content (AvgIpc) is 2.40. The van der Waals surface area contributed by atoms with Crippen LogP contribution in [0.5, 0.6) is 11.5 Å². The van der Waals surface area contributed by atoms with Crippen LogP contribution in [0.3, 0.4) is 0 Å². The third-order valence-corrected chi connectivity index (χ3v) is 2.67. The summed E-state index contributed by atoms with van der Waals surface area (Å²) in [6.07, 6.45) is 0. The molecule has 8 heteroatoms. The fraction of sp³-hybridized carbons (Fsp3) is 0.455. The standard InChI is InChI=1S/C11H17NO2.H2O4S/c1-3-12(4-2)8-9-7-10(13)5-6-11(9)14;1-4-5(2)3/h5-7,13-14H,3-4,8H2,1-2H3;1H,(H,2,3)/p-1. The summed E-state index contributed by atoms with van der Waals surface area (Å²) in [5.74, 6) is 0.478. The average molecular weight is 292 g/mol. The molecule has 1 rings (SSSR count). The molecule has 0 aliphatic carbocycles. The van der Waals surface area contributed by atoms with Crippen LogP contribution in [0.1, 0.15) is 19.4 Å². The maximum Gasteiger partial charge on any atom is 0.124 e. The summed E-state index contributed by atoms with van der Waals surface area (Å²) in [6, 6.07) is 4.66. The van der Waals surface area contributed by atoms with Gasteiger partial charge in [-0.3, -0.25) is 0 Å². The topological polar surface area (TPSA) is 117 Å². The third-order valence-electron chi connectivity index (χ3n) is 2.56. The van der Waals surface area contributed by atoms with E-state index in [9.17, 15) is 10.2 Å². The van der Waals surface area contributed by atoms with E-state index in [-0.39, 0.29) is 11.5 Å². The quantitative estimate of drug-likeness (QED) is 0.266. The molecule has 0 heterocycles. The number of benzene rings is 1. The zero-order valence-electron chi connectivity index (χ0n) is 10.8. The lowest BCUT2D eigenvalue weighted by Gasteiger charge is -2.16. The van der Waals surface area contributed by atoms with E-state index in [1.807, 2.05) is 0 Å². The van der Waals surface area contributed by atoms with Crippen LogP contribution in [0.25, 0.3) is 0 Å². The van der Waals surface area contributed by atoms with E-state index < -0.39 is 11.4 Å². The number of aromatic hydroxyl groups is 2. The van der Waals surface area contributed by atoms with Gasteiger partial charge in [-0.25, -0.2) is 4.21 Å². The van der Waals surface area contributed by atoms with Gasteiger partial charge in [0.1, 0.15) is 18.0 Å². The Bertz CT molecular complexity index is 397. The van der Waals surface area contributed by atoms with Crippen LogP contribution in [0.15, 0.2) is 18.2 Å². The van der Waals surface area contributed by atoms with Crippen molar-refractivity contribution in [2.24, 2.45) is 0 Å². The summed E-state index contributed by atoms with van der Waals surface area (Å²) in [4.78, 5) is 1.38. The first-order valence-corrected chi connectivity index (χ1v) is 6.68. The smallest absolute Gasteiger partial charge is 0.124 e. The fourth-order valence-corrected chi connectivity index (χ4v) is 1.48. The molecule has 7 nitrogen and oxygen atoms in total. The first-order valence-electron chi connectivity index (χ1n) is 5.68. The summed E-state index contributed by atoms with van der Waals surface area (Å²) in [6.45, 7) is 7.02. The molecule has 1 aromatic carbocycles. The molecular weight excluding hydrogens is 274 g/mol. The molecule has 3 N–H and O–H groups in total. The number of rotatable bonds is 5. The second kappa shape index (κ2) is 9.70. The number of phenolic OH excluding ortho intramolecular Hbond substituents is 2. The highest BCUT2D eigenvalue weighted by molar-refractivity contribution is 7.73. The SMILES string of the molecule is CC[NH+](CC)Cc1cc(O)ccc1O.O=S([O-])O[O-]. The number of quaternary nitrogens is 1. The molecule has 0 bridgehead atoms. The normalized spacial score (nSPS) is 11.8. The van der Waals surface area contributed by atoms with E-state index in [1.165, 1.54) is 17.0 Å². The molecule has 0 amide bonds. The van der Waals surface area contributed by atoms with E-state index in [2.05, 4.69) is 18.2 Å². The molecule has 0 fully saturated rings. The van der Waals surface area contributed by atoms with Crippen LogP contribution in [-0.2, 0) is 22.2 Å². The van der Waals surface area contributed by atoms with Gasteiger partial charge in [0.2, 0.25) is 0 Å². The van der Waals surface area contributed by atoms with Crippen molar-refractivity contribution in [1.29, 1.82) is 0 Å². The largest absolute Gasteiger partial charge is 0.750 e. The maximum atomic E-state index is 9.55. The molecule has 0 aliphatic rings. The first-order chi connectivity index (χ1) is 8.94. The molecule has 0 aromatic heterocycles. The Morgan fingerprint density at radius 1 is 1.32 bits per heavy atom. The number of hydrogen-bond donors (Lipinski definition) is 3. The minimum absolute atomic E-state index is 0.212. The molecule has 0 aliphatic heterocycles. The molecule has 19 heavy (non-hydrogen) atoms. The minimum Gasteiger partial charge on any atom is -0.750 e. The van der Waals surface area contributed by atoms with Crippen molar-refractivity contribution in [3.8, 4) is 11.5 Å². The lowest BCUT2D eigenvalue weighted by Crippen LogP contribution is -3.10. The second-order valence-corrected chi connectivity index (χ2v) is 4.26. The van der Waals surface area contributed by atoms with Crippen molar-refractivity contribution in [2.45, 2.75) is 20.4 Å². The van der Waals surface area contributed by atoms with Crippen molar-refractivity contribution in [2.75, 3.05) is 13.1 Å². The number of hydrogen-bond acceptors (Lipinski definition) is 6. The highest BCUT2D eigenvalue weighted by Crippen LogP contribution is 2.20. The van der Waals surface area contributed by atoms with Crippen molar-refractivity contribution in [3.63, 3.8) is 0 Å². The van der Waals surface area contributed by atoms with E-state index in [0.717, 1.165) is 25.2 Å². The van der Waals surface area contributed by atoms with Gasteiger partial charge in [-0.15, -0.1) is 0 Å². The van der Waals surface area contributed by atoms with Crippen LogP contribution in [0.4, 0.5) is 0 Å². The number of phenols is 2. The summed E-state index contributed by atoms with van der Waals surface area (Å²) < 4.78 is 20.1. The van der Waals surface area contributed by atoms with Gasteiger partial charge in [0.15, 0.2) is 0 Å². The van der Waals surface area contributed by atoms with Crippen molar-refractivity contribution < 1.29 is 33.5 Å². The molecule has 0 saturated heterocycles. The molecule has 110 valence electrons. The Morgan fingerprint density at radius 3 is 2.26 bits per heavy atom. The van der Waals surface area contributed by atoms with Gasteiger partial charge in [-0.1, -0.05) is 0 Å². The second-order valence-electron chi connectivity index (χ2n) is 3.72. The Labute approximate surface area is 114 Å². The molecule has 0 radical (unpaired) electrons. The lowest BCUT2D eigenvalue weighted by atomic mass is 10.2. The number of nitrogens with one attached hydrogen (secondary N) is 1. The Kier molecular flexibility index (Phi) is 9.09. The molecule has 1 unspecified atom stereocenters. The molecule has 0 spiro atoms. The first kappa shape index (κ1) is 17.8. The van der Waals surface area contributed by atoms with Crippen LogP contribution in [0.2, 0.25) is 0 Å². The lowest BCUT2D eigenvalue weighted by molar-refractivity contribution is -0.910. The van der Waals surface area contributed by atoms with E-state index in [1.54, 1.807) is 6.07 Å². The zero-order chi connectivity index (χ0) is 14.8. The van der Waals surface area contributed by atoms with Gasteiger partial charge in [0.05, 0.1) is 30.0 Å². The van der Waals surface area contributed by atoms with Gasteiger partial charge < -0.3 is 29.3 Å². The highest BCUT2D eigenvalue weighted by Gasteiger charge is 2.09. The fourth-order valence-electron chi connectivity index (χ4n) is 1.48. The monoisotopic (exact) mass is 292 g/mol. The minimum atomic E-state index is -2.88. The van der Waals surface area contributed by atoms with Gasteiger partial charge in [0.25, 0.3) is 0 Å². The van der Waals surface area contributed by atoms with Gasteiger partial charge >= 0.3 is 0 Å². The molecule has 1 atom stereocenters. The Balaban J connectivity index is 0.000000555. The van der Waals surface area contributed by atoms with E-state index in [4.69, 9.17) is 14.0 Å². The van der Waals surface area contributed by atoms with Gasteiger partial charge in [0, 0.05) is 0 Å². The van der Waals surface area contributed by atoms with Crippen LogP contribution in [-0.4, -0.2) is 32.1 Å². The predicted octanol–water partition coefficient (Wildman–Crippen LogP) is -1.41. The molecular formula is C11H18NO6S-. The third kappa shape index (κ3) is 7.75. The van der Waals surface area contributed by atoms with E-state index >= 15 is 0 Å². The van der Waals surface area contributed by atoms with Crippen molar-refractivity contribution >= 4 is 11.4 Å². The van der Waals surface area contributed by atoms with Crippen molar-refractivity contribution in [1.82, 2.24) is 0 Å². The molecule has 1 aromatic rings. The summed E-state index contributed by atoms with van der Waals surface area (Å²) in [7, 11) is 0. The van der Waals surface area contributed by atoms with Crippen LogP contribution < -0.4 is 10.2 Å². The summed E-state index contributed by atoms with van der Waals surface area (Å²) in [5.41, 5.74) is 0.809. The molecule has 0 saturated carbocycles. The summed E-state index contributed by atoms with van der Waals surface area (Å²) >= 11 is -2.88. The Morgan fingerprint density at radius 2 is 1.84 bits per heavy atom. The predicted molar refractivity (Wildman–Crippen MR) is 65.5 cm³/mol. The summed E-state index contributed by atoms with van der Waals surface area (Å²) in [5, 5.41) is 27.3. The zero-order valence-corrected chi connectivity index (χ0v) is 11.6. The van der Waals surface area contributed by atoms with E-state index in [0.29, 0.717) is 0 Å². The Hall–Kier alpha value is -1.19. The van der Waals surface area contributed by atoms with Crippen LogP contribution >= 0.6 is 0 Å². The maximum absolute atomic E-state index is 9.55. The van der Waals surface area contributed by atoms with Gasteiger partial charge in [-0.2, -0.15) is 0 Å².